The first-order chi connectivity index (χ1) is 18.7. The number of hydrogen-bond acceptors (Lipinski definition) is 8. The molecule has 0 aliphatic carbocycles. The Hall–Kier alpha value is -0.344. The van der Waals surface area contributed by atoms with Crippen LogP contribution in [0, 0.1) is 0 Å². The van der Waals surface area contributed by atoms with Crippen LogP contribution in [0.4, 0.5) is 11.4 Å². The smallest absolute Gasteiger partial charge is 0.850 e. The summed E-state index contributed by atoms with van der Waals surface area (Å²) in [5, 5.41) is 20.0. The minimum atomic E-state index is -1.12. The largest absolute Gasteiger partial charge is 1.00 e. The van der Waals surface area contributed by atoms with Crippen LogP contribution in [0.3, 0.4) is 0 Å². The number of carbonyl (C=O) groups excluding carboxylic acids is 1. The zero-order chi connectivity index (χ0) is 30.0. The van der Waals surface area contributed by atoms with Crippen LogP contribution in [-0.2, 0) is 14.2 Å². The van der Waals surface area contributed by atoms with Gasteiger partial charge in [0.15, 0.2) is 0 Å². The van der Waals surface area contributed by atoms with Gasteiger partial charge in [-0.05, 0) is 24.3 Å². The van der Waals surface area contributed by atoms with E-state index in [2.05, 4.69) is 14.5 Å². The number of nitrogens with zero attached hydrogens (tertiary/aromatic N) is 2. The fourth-order valence-electron chi connectivity index (χ4n) is 3.63. The van der Waals surface area contributed by atoms with Gasteiger partial charge in [0.25, 0.3) is 0 Å². The summed E-state index contributed by atoms with van der Waals surface area (Å²) in [6.07, 6.45) is 0. The molecule has 2 saturated heterocycles. The molecule has 222 valence electrons. The summed E-state index contributed by atoms with van der Waals surface area (Å²) in [7, 11) is 1.30. The Bertz CT molecular complexity index is 1120. The number of esters is 1. The number of benzene rings is 2. The second-order valence-electron chi connectivity index (χ2n) is 9.68. The predicted octanol–water partition coefficient (Wildman–Crippen LogP) is 2.29. The fraction of sp³-hybridized carbons (Fsp3) is 0.481. The van der Waals surface area contributed by atoms with Crippen molar-refractivity contribution in [1.29, 1.82) is 0 Å². The number of anilines is 2. The maximum absolute atomic E-state index is 11.5. The zero-order valence-corrected chi connectivity index (χ0v) is 29.9. The number of carboxylic acids is 1. The van der Waals surface area contributed by atoms with Crippen LogP contribution in [0.2, 0.25) is 20.1 Å². The molecule has 2 aliphatic rings. The van der Waals surface area contributed by atoms with Crippen LogP contribution in [0.15, 0.2) is 24.3 Å². The van der Waals surface area contributed by atoms with Crippen LogP contribution in [-0.4, -0.2) is 82.4 Å². The number of rotatable bonds is 4. The van der Waals surface area contributed by atoms with Crippen LogP contribution in [0.5, 0.6) is 0 Å². The van der Waals surface area contributed by atoms with Crippen molar-refractivity contribution in [2.75, 3.05) is 69.5 Å². The van der Waals surface area contributed by atoms with Gasteiger partial charge in [-0.2, -0.15) is 0 Å². The molecule has 14 heteroatoms. The van der Waals surface area contributed by atoms with Crippen LogP contribution < -0.4 is 66.3 Å². The molecule has 0 saturated carbocycles. The molecule has 9 nitrogen and oxygen atoms in total. The Morgan fingerprint density at radius 1 is 0.780 bits per heavy atom. The average Bonchev–Trinajstić information content (AvgIpc) is 2.88. The first kappa shape index (κ1) is 38.7. The second-order valence-corrected chi connectivity index (χ2v) is 11.3. The Kier molecular flexibility index (Phi) is 17.4. The van der Waals surface area contributed by atoms with E-state index in [0.29, 0.717) is 36.5 Å². The molecule has 4 rings (SSSR count). The van der Waals surface area contributed by atoms with E-state index < -0.39 is 17.5 Å². The molecule has 0 radical (unpaired) electrons. The molecule has 0 bridgehead atoms. The van der Waals surface area contributed by atoms with E-state index in [9.17, 15) is 14.7 Å². The minimum absolute atomic E-state index is 0. The van der Waals surface area contributed by atoms with Crippen molar-refractivity contribution in [2.45, 2.75) is 26.4 Å². The number of methoxy groups -OCH3 is 1. The van der Waals surface area contributed by atoms with Gasteiger partial charge in [0, 0.05) is 37.6 Å². The van der Waals surface area contributed by atoms with Crippen LogP contribution in [0.25, 0.3) is 0 Å². The van der Waals surface area contributed by atoms with Crippen LogP contribution >= 0.6 is 46.4 Å². The molecule has 41 heavy (non-hydrogen) atoms. The molecule has 0 spiro atoms. The fourth-order valence-corrected chi connectivity index (χ4v) is 4.90. The molecule has 2 aromatic carbocycles. The van der Waals surface area contributed by atoms with Gasteiger partial charge in [0.1, 0.15) is 0 Å². The number of morpholine rings is 2. The van der Waals surface area contributed by atoms with Gasteiger partial charge in [-0.1, -0.05) is 67.2 Å². The van der Waals surface area contributed by atoms with Crippen molar-refractivity contribution >= 4 is 69.7 Å². The van der Waals surface area contributed by atoms with E-state index in [4.69, 9.17) is 61.0 Å². The first-order valence-electron chi connectivity index (χ1n) is 12.4. The number of halogens is 4. The van der Waals surface area contributed by atoms with Crippen LogP contribution in [0.1, 0.15) is 41.5 Å². The summed E-state index contributed by atoms with van der Waals surface area (Å²) in [4.78, 5) is 26.6. The first-order valence-corrected chi connectivity index (χ1v) is 13.9. The SMILES string of the molecule is CC(C)(C)[O-].COC(=O)c1c(Cl)cc(N2CCOCC2)cc1Cl.O=C(O)c1c(Cl)cc(N2CCOCC2)cc1Cl.[K+]. The maximum Gasteiger partial charge on any atom is 1.00 e. The molecule has 2 fully saturated rings. The Labute approximate surface area is 303 Å². The molecule has 2 aromatic rings. The van der Waals surface area contributed by atoms with Gasteiger partial charge in [0.2, 0.25) is 0 Å². The van der Waals surface area contributed by atoms with E-state index in [1.54, 1.807) is 45.0 Å². The molecule has 2 heterocycles. The average molecular weight is 678 g/mol. The van der Waals surface area contributed by atoms with E-state index in [-0.39, 0.29) is 72.6 Å². The zero-order valence-electron chi connectivity index (χ0n) is 23.8. The van der Waals surface area contributed by atoms with Crippen molar-refractivity contribution in [3.8, 4) is 0 Å². The third-order valence-electron chi connectivity index (χ3n) is 5.41. The summed E-state index contributed by atoms with van der Waals surface area (Å²) in [5.74, 6) is -1.65. The monoisotopic (exact) mass is 676 g/mol. The van der Waals surface area contributed by atoms with E-state index >= 15 is 0 Å². The maximum atomic E-state index is 11.5. The minimum Gasteiger partial charge on any atom is -0.850 e. The third kappa shape index (κ3) is 13.0. The topological polar surface area (TPSA) is 112 Å². The predicted molar refractivity (Wildman–Crippen MR) is 157 cm³/mol. The Morgan fingerprint density at radius 2 is 1.07 bits per heavy atom. The standard InChI is InChI=1S/C12H13Cl2NO3.C11H11Cl2NO3.C4H9O.K/c1-17-12(16)11-9(13)6-8(7-10(11)14)15-2-4-18-5-3-15;12-8-5-7(14-1-3-17-4-2-14)6-9(13)10(8)11(15)16;1-4(2,3)5;/h6-7H,2-5H2,1H3;5-6H,1-4H2,(H,15,16);1-3H3;/q;;-1;+1. The second kappa shape index (κ2) is 18.5. The summed E-state index contributed by atoms with van der Waals surface area (Å²) < 4.78 is 15.2. The van der Waals surface area contributed by atoms with Crippen molar-refractivity contribution < 1.29 is 85.4 Å². The van der Waals surface area contributed by atoms with E-state index in [1.165, 1.54) is 7.11 Å². The van der Waals surface area contributed by atoms with Gasteiger partial charge < -0.3 is 34.2 Å². The van der Waals surface area contributed by atoms with Crippen molar-refractivity contribution in [2.24, 2.45) is 0 Å². The molecule has 1 N–H and O–H groups in total. The summed E-state index contributed by atoms with van der Waals surface area (Å²) in [6.45, 7) is 10.6. The summed E-state index contributed by atoms with van der Waals surface area (Å²) >= 11 is 24.0. The Morgan fingerprint density at radius 3 is 1.34 bits per heavy atom. The molecular weight excluding hydrogens is 645 g/mol. The molecule has 0 amide bonds. The quantitative estimate of drug-likeness (QED) is 0.385. The number of carboxylic acid groups (broad SMARTS) is 1. The van der Waals surface area contributed by atoms with Gasteiger partial charge in [-0.15, -0.1) is 5.60 Å². The molecule has 0 unspecified atom stereocenters. The normalized spacial score (nSPS) is 15.0. The van der Waals surface area contributed by atoms with Gasteiger partial charge in [-0.3, -0.25) is 0 Å². The van der Waals surface area contributed by atoms with Crippen molar-refractivity contribution in [1.82, 2.24) is 0 Å². The third-order valence-corrected chi connectivity index (χ3v) is 6.60. The van der Waals surface area contributed by atoms with Crippen molar-refractivity contribution in [3.05, 3.63) is 55.5 Å². The van der Waals surface area contributed by atoms with Gasteiger partial charge >= 0.3 is 63.3 Å². The number of aromatic carboxylic acids is 1. The van der Waals surface area contributed by atoms with E-state index in [0.717, 1.165) is 37.6 Å². The van der Waals surface area contributed by atoms with Gasteiger partial charge in [0.05, 0.1) is 64.8 Å². The number of ether oxygens (including phenoxy) is 3. The number of hydrogen-bond donors (Lipinski definition) is 1. The van der Waals surface area contributed by atoms with Gasteiger partial charge in [-0.25, -0.2) is 9.59 Å². The molecular formula is C27H33Cl4KN2O7. The molecule has 0 aromatic heterocycles. The summed E-state index contributed by atoms with van der Waals surface area (Å²) in [5.41, 5.74) is 1.12. The molecule has 2 aliphatic heterocycles. The number of carbonyl (C=O) groups is 2. The Balaban J connectivity index is 0.000000346. The summed E-state index contributed by atoms with van der Waals surface area (Å²) in [6, 6.07) is 6.71. The van der Waals surface area contributed by atoms with Crippen molar-refractivity contribution in [3.63, 3.8) is 0 Å². The van der Waals surface area contributed by atoms with E-state index in [1.807, 2.05) is 0 Å². The molecule has 0 atom stereocenters.